The molecular formula is C13H16BrClO5S. The monoisotopic (exact) mass is 398 g/mol. The van der Waals surface area contributed by atoms with Crippen LogP contribution >= 0.6 is 26.6 Å². The Morgan fingerprint density at radius 1 is 1.33 bits per heavy atom. The molecule has 118 valence electrons. The van der Waals surface area contributed by atoms with E-state index < -0.39 is 20.6 Å². The van der Waals surface area contributed by atoms with Gasteiger partial charge in [0.2, 0.25) is 0 Å². The molecule has 0 aliphatic carbocycles. The highest BCUT2D eigenvalue weighted by molar-refractivity contribution is 9.10. The number of rotatable bonds is 6. The molecule has 0 aliphatic heterocycles. The number of methoxy groups -OCH3 is 1. The van der Waals surface area contributed by atoms with Gasteiger partial charge in [-0.2, -0.15) is 0 Å². The van der Waals surface area contributed by atoms with Crippen molar-refractivity contribution in [3.05, 3.63) is 28.2 Å². The number of esters is 1. The zero-order valence-electron chi connectivity index (χ0n) is 11.9. The maximum atomic E-state index is 11.9. The zero-order valence-corrected chi connectivity index (χ0v) is 15.0. The molecular weight excluding hydrogens is 384 g/mol. The molecule has 0 spiro atoms. The fraction of sp³-hybridized carbons (Fsp3) is 0.462. The molecule has 1 aromatic rings. The maximum Gasteiger partial charge on any atom is 0.338 e. The van der Waals surface area contributed by atoms with E-state index in [1.165, 1.54) is 18.2 Å². The second-order valence-corrected chi connectivity index (χ2v) is 8.44. The summed E-state index contributed by atoms with van der Waals surface area (Å²) in [6.45, 7) is 3.91. The van der Waals surface area contributed by atoms with E-state index in [9.17, 15) is 13.2 Å². The van der Waals surface area contributed by atoms with Crippen molar-refractivity contribution >= 4 is 41.6 Å². The summed E-state index contributed by atoms with van der Waals surface area (Å²) in [7, 11) is 2.94. The Balaban J connectivity index is 2.82. The Morgan fingerprint density at radius 3 is 2.48 bits per heavy atom. The molecule has 0 radical (unpaired) electrons. The molecule has 0 saturated carbocycles. The molecule has 0 amide bonds. The molecule has 0 saturated heterocycles. The van der Waals surface area contributed by atoms with E-state index in [2.05, 4.69) is 15.9 Å². The Morgan fingerprint density at radius 2 is 1.95 bits per heavy atom. The van der Waals surface area contributed by atoms with Gasteiger partial charge < -0.3 is 9.47 Å². The standard InChI is InChI=1S/C13H16BrClO5S/c1-13(2,19-3)4-5-20-12(16)9-6-10(14)8-11(7-9)21(15,17)18/h6-8H,4-5H2,1-3H3. The summed E-state index contributed by atoms with van der Waals surface area (Å²) in [5, 5.41) is 0. The van der Waals surface area contributed by atoms with Gasteiger partial charge in [0, 0.05) is 28.7 Å². The molecule has 0 unspecified atom stereocenters. The van der Waals surface area contributed by atoms with Gasteiger partial charge in [0.1, 0.15) is 0 Å². The predicted octanol–water partition coefficient (Wildman–Crippen LogP) is 3.35. The minimum absolute atomic E-state index is 0.110. The molecule has 1 rings (SSSR count). The van der Waals surface area contributed by atoms with Crippen LogP contribution in [0.25, 0.3) is 0 Å². The lowest BCUT2D eigenvalue weighted by Gasteiger charge is -2.22. The minimum Gasteiger partial charge on any atom is -0.462 e. The van der Waals surface area contributed by atoms with Crippen LogP contribution < -0.4 is 0 Å². The SMILES string of the molecule is COC(C)(C)CCOC(=O)c1cc(Br)cc(S(=O)(=O)Cl)c1. The molecule has 1 aromatic carbocycles. The molecule has 21 heavy (non-hydrogen) atoms. The number of hydrogen-bond acceptors (Lipinski definition) is 5. The van der Waals surface area contributed by atoms with Gasteiger partial charge in [-0.3, -0.25) is 0 Å². The lowest BCUT2D eigenvalue weighted by molar-refractivity contribution is -0.00564. The molecule has 0 aliphatic rings. The van der Waals surface area contributed by atoms with Crippen molar-refractivity contribution in [2.45, 2.75) is 30.8 Å². The number of benzene rings is 1. The number of halogens is 2. The molecule has 0 heterocycles. The van der Waals surface area contributed by atoms with E-state index in [1.807, 2.05) is 13.8 Å². The summed E-state index contributed by atoms with van der Waals surface area (Å²) in [6, 6.07) is 3.96. The van der Waals surface area contributed by atoms with Crippen molar-refractivity contribution in [1.82, 2.24) is 0 Å². The summed E-state index contributed by atoms with van der Waals surface area (Å²) in [5.74, 6) is -0.621. The fourth-order valence-corrected chi connectivity index (χ4v) is 2.84. The third-order valence-electron chi connectivity index (χ3n) is 2.88. The van der Waals surface area contributed by atoms with Gasteiger partial charge in [-0.05, 0) is 32.0 Å². The Hall–Kier alpha value is -0.630. The second kappa shape index (κ2) is 7.09. The van der Waals surface area contributed by atoms with Crippen molar-refractivity contribution in [1.29, 1.82) is 0 Å². The van der Waals surface area contributed by atoms with Crippen LogP contribution in [0.2, 0.25) is 0 Å². The molecule has 0 aromatic heterocycles. The topological polar surface area (TPSA) is 69.7 Å². The Bertz CT molecular complexity index is 627. The van der Waals surface area contributed by atoms with Crippen molar-refractivity contribution in [3.63, 3.8) is 0 Å². The van der Waals surface area contributed by atoms with Crippen molar-refractivity contribution in [3.8, 4) is 0 Å². The molecule has 5 nitrogen and oxygen atoms in total. The summed E-state index contributed by atoms with van der Waals surface area (Å²) in [6.07, 6.45) is 0.518. The first-order chi connectivity index (χ1) is 9.55. The predicted molar refractivity (Wildman–Crippen MR) is 83.2 cm³/mol. The molecule has 0 N–H and O–H groups in total. The normalized spacial score (nSPS) is 12.2. The smallest absolute Gasteiger partial charge is 0.338 e. The highest BCUT2D eigenvalue weighted by atomic mass is 79.9. The van der Waals surface area contributed by atoms with Crippen LogP contribution in [0.5, 0.6) is 0 Å². The van der Waals surface area contributed by atoms with Gasteiger partial charge in [-0.1, -0.05) is 15.9 Å². The average molecular weight is 400 g/mol. The highest BCUT2D eigenvalue weighted by Gasteiger charge is 2.19. The van der Waals surface area contributed by atoms with Crippen LogP contribution in [0.15, 0.2) is 27.6 Å². The summed E-state index contributed by atoms with van der Waals surface area (Å²) >= 11 is 3.13. The van der Waals surface area contributed by atoms with Crippen molar-refractivity contribution < 1.29 is 22.7 Å². The van der Waals surface area contributed by atoms with Crippen LogP contribution in [0.1, 0.15) is 30.6 Å². The number of hydrogen-bond donors (Lipinski definition) is 0. The van der Waals surface area contributed by atoms with Crippen LogP contribution in [-0.4, -0.2) is 33.7 Å². The summed E-state index contributed by atoms with van der Waals surface area (Å²) in [4.78, 5) is 11.8. The van der Waals surface area contributed by atoms with E-state index in [0.717, 1.165) is 0 Å². The molecule has 0 atom stereocenters. The number of ether oxygens (including phenoxy) is 2. The van der Waals surface area contributed by atoms with Crippen LogP contribution in [0, 0.1) is 0 Å². The summed E-state index contributed by atoms with van der Waals surface area (Å²) < 4.78 is 33.4. The molecule has 8 heteroatoms. The van der Waals surface area contributed by atoms with Gasteiger partial charge in [0.15, 0.2) is 0 Å². The van der Waals surface area contributed by atoms with Gasteiger partial charge in [-0.15, -0.1) is 0 Å². The number of carbonyl (C=O) groups is 1. The van der Waals surface area contributed by atoms with Crippen molar-refractivity contribution in [2.24, 2.45) is 0 Å². The zero-order chi connectivity index (χ0) is 16.3. The lowest BCUT2D eigenvalue weighted by atomic mass is 10.1. The minimum atomic E-state index is -3.91. The Labute approximate surface area is 137 Å². The first-order valence-corrected chi connectivity index (χ1v) is 9.13. The molecule has 0 bridgehead atoms. The lowest BCUT2D eigenvalue weighted by Crippen LogP contribution is -2.25. The highest BCUT2D eigenvalue weighted by Crippen LogP contribution is 2.23. The second-order valence-electron chi connectivity index (χ2n) is 4.96. The van der Waals surface area contributed by atoms with E-state index in [0.29, 0.717) is 10.9 Å². The quantitative estimate of drug-likeness (QED) is 0.542. The first kappa shape index (κ1) is 18.4. The van der Waals surface area contributed by atoms with Crippen molar-refractivity contribution in [2.75, 3.05) is 13.7 Å². The number of carbonyl (C=O) groups excluding carboxylic acids is 1. The average Bonchev–Trinajstić information content (AvgIpc) is 2.36. The van der Waals surface area contributed by atoms with Crippen LogP contribution in [0.3, 0.4) is 0 Å². The van der Waals surface area contributed by atoms with Crippen LogP contribution in [0.4, 0.5) is 0 Å². The van der Waals surface area contributed by atoms with Gasteiger partial charge >= 0.3 is 5.97 Å². The van der Waals surface area contributed by atoms with Gasteiger partial charge in [0.25, 0.3) is 9.05 Å². The fourth-order valence-electron chi connectivity index (χ4n) is 1.40. The largest absolute Gasteiger partial charge is 0.462 e. The van der Waals surface area contributed by atoms with E-state index in [1.54, 1.807) is 7.11 Å². The maximum absolute atomic E-state index is 11.9. The third-order valence-corrected chi connectivity index (χ3v) is 4.67. The Kier molecular flexibility index (Phi) is 6.22. The van der Waals surface area contributed by atoms with Crippen LogP contribution in [-0.2, 0) is 18.5 Å². The third kappa shape index (κ3) is 5.94. The molecule has 0 fully saturated rings. The first-order valence-electron chi connectivity index (χ1n) is 6.03. The van der Waals surface area contributed by atoms with Gasteiger partial charge in [-0.25, -0.2) is 13.2 Å². The van der Waals surface area contributed by atoms with E-state index in [4.69, 9.17) is 20.2 Å². The van der Waals surface area contributed by atoms with E-state index in [-0.39, 0.29) is 17.1 Å². The summed E-state index contributed by atoms with van der Waals surface area (Å²) in [5.41, 5.74) is -0.291. The van der Waals surface area contributed by atoms with Gasteiger partial charge in [0.05, 0.1) is 22.7 Å². The van der Waals surface area contributed by atoms with E-state index >= 15 is 0 Å².